The lowest BCUT2D eigenvalue weighted by Crippen LogP contribution is -2.35. The van der Waals surface area contributed by atoms with Gasteiger partial charge in [-0.1, -0.05) is 32.4 Å². The summed E-state index contributed by atoms with van der Waals surface area (Å²) in [5.74, 6) is 0.696. The summed E-state index contributed by atoms with van der Waals surface area (Å²) in [6.45, 7) is 6.30. The molecule has 3 heteroatoms. The van der Waals surface area contributed by atoms with E-state index >= 15 is 0 Å². The first kappa shape index (κ1) is 14.7. The molecule has 0 bridgehead atoms. The van der Waals surface area contributed by atoms with Crippen molar-refractivity contribution >= 4 is 11.6 Å². The van der Waals surface area contributed by atoms with E-state index in [1.54, 1.807) is 7.05 Å². The normalized spacial score (nSPS) is 14.0. The number of likely N-dealkylation sites (N-methyl/N-ethyl adjacent to an activating group) is 1. The minimum Gasteiger partial charge on any atom is -0.325 e. The van der Waals surface area contributed by atoms with Crippen molar-refractivity contribution < 1.29 is 4.79 Å². The smallest absolute Gasteiger partial charge is 0.241 e. The molecule has 18 heavy (non-hydrogen) atoms. The van der Waals surface area contributed by atoms with Crippen LogP contribution in [-0.4, -0.2) is 19.0 Å². The molecule has 1 rings (SSSR count). The second-order valence-corrected chi connectivity index (χ2v) is 4.91. The molecule has 3 nitrogen and oxygen atoms in total. The average Bonchev–Trinajstić information content (AvgIpc) is 2.39. The Balaban J connectivity index is 2.57. The van der Waals surface area contributed by atoms with Crippen LogP contribution >= 0.6 is 0 Å². The minimum atomic E-state index is -0.176. The number of amides is 1. The molecular weight excluding hydrogens is 224 g/mol. The predicted octanol–water partition coefficient (Wildman–Crippen LogP) is 2.82. The van der Waals surface area contributed by atoms with E-state index in [0.717, 1.165) is 12.1 Å². The van der Waals surface area contributed by atoms with Gasteiger partial charge in [0.25, 0.3) is 0 Å². The number of rotatable bonds is 6. The Morgan fingerprint density at radius 2 is 1.83 bits per heavy atom. The molecule has 0 saturated heterocycles. The molecule has 1 aromatic rings. The van der Waals surface area contributed by atoms with Crippen LogP contribution in [0.15, 0.2) is 24.3 Å². The first-order valence-electron chi connectivity index (χ1n) is 6.63. The first-order chi connectivity index (χ1) is 8.56. The Morgan fingerprint density at radius 1 is 1.22 bits per heavy atom. The molecule has 1 unspecified atom stereocenters. The molecule has 0 heterocycles. The number of anilines is 1. The molecule has 1 amide bonds. The summed E-state index contributed by atoms with van der Waals surface area (Å²) >= 11 is 0. The molecule has 0 spiro atoms. The van der Waals surface area contributed by atoms with E-state index in [1.807, 2.05) is 19.1 Å². The number of hydrogen-bond acceptors (Lipinski definition) is 2. The van der Waals surface area contributed by atoms with Crippen molar-refractivity contribution in [2.24, 2.45) is 5.92 Å². The third-order valence-electron chi connectivity index (χ3n) is 3.33. The van der Waals surface area contributed by atoms with Gasteiger partial charge in [-0.25, -0.2) is 0 Å². The Labute approximate surface area is 110 Å². The second kappa shape index (κ2) is 7.17. The van der Waals surface area contributed by atoms with Crippen molar-refractivity contribution in [3.8, 4) is 0 Å². The molecular formula is C15H24N2O. The zero-order valence-electron chi connectivity index (χ0n) is 11.8. The van der Waals surface area contributed by atoms with Gasteiger partial charge in [-0.3, -0.25) is 4.79 Å². The van der Waals surface area contributed by atoms with Gasteiger partial charge in [0, 0.05) is 5.69 Å². The number of hydrogen-bond donors (Lipinski definition) is 2. The Kier molecular flexibility index (Phi) is 5.86. The molecule has 0 radical (unpaired) electrons. The highest BCUT2D eigenvalue weighted by Crippen LogP contribution is 2.15. The Bertz CT molecular complexity index is 373. The monoisotopic (exact) mass is 248 g/mol. The summed E-state index contributed by atoms with van der Waals surface area (Å²) in [6.07, 6.45) is 2.29. The van der Waals surface area contributed by atoms with Gasteiger partial charge in [-0.2, -0.15) is 0 Å². The van der Waals surface area contributed by atoms with Crippen molar-refractivity contribution in [3.63, 3.8) is 0 Å². The summed E-state index contributed by atoms with van der Waals surface area (Å²) in [6, 6.07) is 7.94. The van der Waals surface area contributed by atoms with Gasteiger partial charge in [0.15, 0.2) is 0 Å². The van der Waals surface area contributed by atoms with E-state index in [4.69, 9.17) is 0 Å². The Hall–Kier alpha value is -1.35. The number of carbonyl (C=O) groups is 1. The van der Waals surface area contributed by atoms with E-state index < -0.39 is 0 Å². The summed E-state index contributed by atoms with van der Waals surface area (Å²) in [4.78, 5) is 11.7. The quantitative estimate of drug-likeness (QED) is 0.813. The highest BCUT2D eigenvalue weighted by molar-refractivity contribution is 5.94. The number of benzene rings is 1. The third kappa shape index (κ3) is 4.49. The molecule has 0 aliphatic rings. The summed E-state index contributed by atoms with van der Waals surface area (Å²) in [7, 11) is 1.78. The van der Waals surface area contributed by atoms with E-state index in [-0.39, 0.29) is 11.9 Å². The lowest BCUT2D eigenvalue weighted by molar-refractivity contribution is -0.117. The molecule has 0 aliphatic carbocycles. The van der Waals surface area contributed by atoms with Crippen molar-refractivity contribution in [2.75, 3.05) is 12.4 Å². The van der Waals surface area contributed by atoms with Gasteiger partial charge in [0.1, 0.15) is 0 Å². The second-order valence-electron chi connectivity index (χ2n) is 4.91. The van der Waals surface area contributed by atoms with Crippen molar-refractivity contribution in [2.45, 2.75) is 39.7 Å². The number of carbonyl (C=O) groups excluding carboxylic acids is 1. The molecule has 100 valence electrons. The summed E-state index contributed by atoms with van der Waals surface area (Å²) in [5, 5.41) is 5.80. The van der Waals surface area contributed by atoms with Crippen LogP contribution in [0.1, 0.15) is 32.8 Å². The van der Waals surface area contributed by atoms with Gasteiger partial charge in [0.05, 0.1) is 6.04 Å². The van der Waals surface area contributed by atoms with Crippen LogP contribution < -0.4 is 10.6 Å². The van der Waals surface area contributed by atoms with Gasteiger partial charge in [-0.15, -0.1) is 0 Å². The lowest BCUT2D eigenvalue weighted by Gasteiger charge is -2.12. The largest absolute Gasteiger partial charge is 0.325 e. The minimum absolute atomic E-state index is 0.00724. The fraction of sp³-hybridized carbons (Fsp3) is 0.533. The molecule has 0 aromatic heterocycles. The zero-order chi connectivity index (χ0) is 13.5. The SMILES string of the molecule is CCC(C)Cc1ccc(NC(=O)[C@H](C)NC)cc1. The molecule has 0 aliphatic heterocycles. The molecule has 2 N–H and O–H groups in total. The van der Waals surface area contributed by atoms with Crippen LogP contribution in [-0.2, 0) is 11.2 Å². The fourth-order valence-electron chi connectivity index (χ4n) is 1.65. The highest BCUT2D eigenvalue weighted by atomic mass is 16.2. The van der Waals surface area contributed by atoms with Crippen LogP contribution in [0.2, 0.25) is 0 Å². The van der Waals surface area contributed by atoms with Gasteiger partial charge in [0.2, 0.25) is 5.91 Å². The maximum atomic E-state index is 11.7. The fourth-order valence-corrected chi connectivity index (χ4v) is 1.65. The average molecular weight is 248 g/mol. The van der Waals surface area contributed by atoms with Crippen LogP contribution in [0.25, 0.3) is 0 Å². The topological polar surface area (TPSA) is 41.1 Å². The first-order valence-corrected chi connectivity index (χ1v) is 6.63. The predicted molar refractivity (Wildman–Crippen MR) is 76.8 cm³/mol. The summed E-state index contributed by atoms with van der Waals surface area (Å²) < 4.78 is 0. The lowest BCUT2D eigenvalue weighted by atomic mass is 9.99. The number of nitrogens with one attached hydrogen (secondary N) is 2. The molecule has 2 atom stereocenters. The van der Waals surface area contributed by atoms with Crippen molar-refractivity contribution in [1.82, 2.24) is 5.32 Å². The van der Waals surface area contributed by atoms with E-state index in [2.05, 4.69) is 36.6 Å². The van der Waals surface area contributed by atoms with Crippen molar-refractivity contribution in [3.05, 3.63) is 29.8 Å². The van der Waals surface area contributed by atoms with Gasteiger partial charge >= 0.3 is 0 Å². The van der Waals surface area contributed by atoms with E-state index in [9.17, 15) is 4.79 Å². The standard InChI is InChI=1S/C15H24N2O/c1-5-11(2)10-13-6-8-14(9-7-13)17-15(18)12(3)16-4/h6-9,11-12,16H,5,10H2,1-4H3,(H,17,18)/t11?,12-/m0/s1. The molecule has 0 saturated carbocycles. The molecule has 0 fully saturated rings. The van der Waals surface area contributed by atoms with E-state index in [0.29, 0.717) is 5.92 Å². The Morgan fingerprint density at radius 3 is 2.33 bits per heavy atom. The maximum absolute atomic E-state index is 11.7. The van der Waals surface area contributed by atoms with Crippen LogP contribution in [0.4, 0.5) is 5.69 Å². The third-order valence-corrected chi connectivity index (χ3v) is 3.33. The van der Waals surface area contributed by atoms with Crippen LogP contribution in [0.3, 0.4) is 0 Å². The highest BCUT2D eigenvalue weighted by Gasteiger charge is 2.10. The molecule has 1 aromatic carbocycles. The van der Waals surface area contributed by atoms with Gasteiger partial charge < -0.3 is 10.6 Å². The summed E-state index contributed by atoms with van der Waals surface area (Å²) in [5.41, 5.74) is 2.18. The zero-order valence-corrected chi connectivity index (χ0v) is 11.8. The maximum Gasteiger partial charge on any atom is 0.241 e. The van der Waals surface area contributed by atoms with Crippen LogP contribution in [0, 0.1) is 5.92 Å². The van der Waals surface area contributed by atoms with E-state index in [1.165, 1.54) is 12.0 Å². The van der Waals surface area contributed by atoms with Crippen molar-refractivity contribution in [1.29, 1.82) is 0 Å². The van der Waals surface area contributed by atoms with Crippen LogP contribution in [0.5, 0.6) is 0 Å². The van der Waals surface area contributed by atoms with Gasteiger partial charge in [-0.05, 0) is 44.0 Å².